The standard InChI is InChI=1S/C18H29NO3.C13H21NO.C11H21NO5S.C11H21NO4S.C11H23NO3.C7H7O.C6H13NO2.C6H15NO.BrH.Mg/c1-6-7-10-15(19-17(20)22-18(2,3)4)12-14-9-8-11-16(13-14)21-5;1-3-4-7-12(14)9-11-6-5-8-13(10-11)15-2;1-5-6-7-9-8-16-18(14,15)12(9)10(13)17-11(2,3)4;1-5-6-7-9-8-15-17(14)12(9)10(13)16-11(2,3)4;1-5-6-7-9(8-13)12-10(14)15-11(2,3)4;1-8-7-5-3-2-4-6-7;1-2-3-4-5(7)6(8)9;1-2-3-4-6(7)5-8;;/h8-9,11,13,15H,6-7,10,12H2,1-5H3,(H,19,20);5-6,8,10,12H,3-4,7,9,14H2,1-2H3;9H,5-8H2,1-4H3;9H,5-8H2,1-4H3;9,13H,5-8H2,1-4H3,(H,12,14);2-3,5-6H,1H3;5H,2-4,7H2,1H3,(H,8,9);6,8H,2-5,7H2,1H3;1H;/q;;;;;-1;;;;+2/p-1/t15-;12-;;9-,17?;9-;;5-;6-;;/m00.00.00../s1. The number of aliphatic hydroxyl groups excluding tert-OH is 2. The molecular weight excluding hydrogens is 1580 g/mol. The summed E-state index contributed by atoms with van der Waals surface area (Å²) in [4.78, 5) is 57.2. The fourth-order valence-electron chi connectivity index (χ4n) is 9.85. The van der Waals surface area contributed by atoms with Crippen molar-refractivity contribution in [2.75, 3.05) is 47.8 Å². The molecule has 2 fully saturated rings. The van der Waals surface area contributed by atoms with Gasteiger partial charge in [-0.3, -0.25) is 13.2 Å². The first-order valence-corrected chi connectivity index (χ1v) is 42.3. The fourth-order valence-corrected chi connectivity index (χ4v) is 12.0. The van der Waals surface area contributed by atoms with E-state index in [1.165, 1.54) is 22.7 Å². The summed E-state index contributed by atoms with van der Waals surface area (Å²) < 4.78 is 82.6. The number of nitrogens with two attached hydrogens (primary N) is 3. The Hall–Kier alpha value is -5.32. The molecule has 3 aromatic rings. The van der Waals surface area contributed by atoms with Crippen molar-refractivity contribution in [1.82, 2.24) is 19.2 Å². The van der Waals surface area contributed by atoms with E-state index in [1.807, 2.05) is 104 Å². The van der Waals surface area contributed by atoms with Crippen LogP contribution in [0.1, 0.15) is 278 Å². The van der Waals surface area contributed by atoms with Crippen molar-refractivity contribution in [2.24, 2.45) is 17.2 Å². The van der Waals surface area contributed by atoms with Crippen LogP contribution >= 0.6 is 0 Å². The van der Waals surface area contributed by atoms with Gasteiger partial charge in [0.2, 0.25) is 0 Å². The molecule has 0 saturated carbocycles. The number of carboxylic acids is 1. The number of nitrogens with one attached hydrogen (secondary N) is 2. The van der Waals surface area contributed by atoms with Gasteiger partial charge in [0.25, 0.3) is 11.3 Å². The molecule has 2 aliphatic heterocycles. The summed E-state index contributed by atoms with van der Waals surface area (Å²) in [5, 5.41) is 31.4. The van der Waals surface area contributed by atoms with Gasteiger partial charge in [0.1, 0.15) is 39.9 Å². The van der Waals surface area contributed by atoms with Gasteiger partial charge in [-0.1, -0.05) is 163 Å². The molecule has 0 bridgehead atoms. The molecule has 27 nitrogen and oxygen atoms in total. The summed E-state index contributed by atoms with van der Waals surface area (Å²) in [6.07, 6.45) is 19.8. The van der Waals surface area contributed by atoms with E-state index in [2.05, 4.69) is 69.5 Å². The molecule has 0 spiro atoms. The van der Waals surface area contributed by atoms with Crippen molar-refractivity contribution in [2.45, 2.75) is 344 Å². The summed E-state index contributed by atoms with van der Waals surface area (Å²) in [7, 11) is 1.01. The van der Waals surface area contributed by atoms with Crippen LogP contribution in [0.3, 0.4) is 0 Å². The number of amides is 4. The van der Waals surface area contributed by atoms with E-state index >= 15 is 0 Å². The third kappa shape index (κ3) is 62.8. The molecule has 2 unspecified atom stereocenters. The smallest absolute Gasteiger partial charge is 1.00 e. The Bertz CT molecular complexity index is 3090. The van der Waals surface area contributed by atoms with Crippen molar-refractivity contribution in [1.29, 1.82) is 0 Å². The van der Waals surface area contributed by atoms with E-state index in [1.54, 1.807) is 68.9 Å². The van der Waals surface area contributed by atoms with Crippen LogP contribution in [0, 0.1) is 6.07 Å². The van der Waals surface area contributed by atoms with E-state index in [4.69, 9.17) is 74.0 Å². The second-order valence-electron chi connectivity index (χ2n) is 31.2. The quantitative estimate of drug-likeness (QED) is 0.0159. The minimum absolute atomic E-state index is 0. The minimum Gasteiger partial charge on any atom is -1.00 e. The number of carbonyl (C=O) groups is 5. The maximum Gasteiger partial charge on any atom is 2.00 e. The molecule has 2 saturated heterocycles. The number of alkyl carbamates (subject to hydrolysis) is 2. The number of ether oxygens (including phenoxy) is 7. The first-order valence-electron chi connectivity index (χ1n) is 39.9. The fraction of sp³-hybridized carbons (Fsp3) is 0.723. The maximum atomic E-state index is 12.0. The SMILES string of the molecule is CCCCC1COS(=O)(=O)N1C(=O)OC(C)(C)C.CCCC[C@@H](CO)NC(=O)OC(C)(C)C.CCCC[C@@H](Cc1cccc(OC)c1)NC(=O)OC(C)(C)C.CCCC[C@H](N)C(=O)O.CCCC[C@H](N)CO.CCCC[C@H](N)Cc1cccc(OC)c1.CCCC[C@H]1COS(=O)N1C(=O)OC(C)(C)C.COc1c[c-]ccc1.[Br-].[Mg+2]. The van der Waals surface area contributed by atoms with Crippen LogP contribution in [-0.2, 0) is 66.5 Å². The van der Waals surface area contributed by atoms with Crippen LogP contribution in [0.4, 0.5) is 19.2 Å². The second-order valence-corrected chi connectivity index (χ2v) is 33.7. The number of carbonyl (C=O) groups excluding carboxylic acids is 4. The Balaban J connectivity index is -0.000000404. The molecule has 0 radical (unpaired) electrons. The molecule has 2 aliphatic rings. The number of halogens is 1. The average molecular weight is 1730 g/mol. The van der Waals surface area contributed by atoms with Gasteiger partial charge in [-0.25, -0.2) is 23.4 Å². The van der Waals surface area contributed by atoms with Gasteiger partial charge >= 0.3 is 63.7 Å². The Kier molecular flexibility index (Phi) is 68.4. The van der Waals surface area contributed by atoms with Gasteiger partial charge in [-0.05, 0) is 176 Å². The number of rotatable bonds is 33. The maximum absolute atomic E-state index is 12.0. The normalized spacial score (nSPS) is 15.8. The number of unbranched alkanes of at least 4 members (excludes halogenated alkanes) is 7. The zero-order valence-corrected chi connectivity index (χ0v) is 78.0. The molecule has 8 atom stereocenters. The number of aliphatic carboxylic acids is 1. The van der Waals surface area contributed by atoms with E-state index in [0.29, 0.717) is 19.4 Å². The first kappa shape index (κ1) is 117. The predicted molar refractivity (Wildman–Crippen MR) is 452 cm³/mol. The number of aliphatic hydroxyl groups is 2. The molecule has 31 heteroatoms. The van der Waals surface area contributed by atoms with E-state index < -0.39 is 80.3 Å². The Labute approximate surface area is 716 Å². The van der Waals surface area contributed by atoms with E-state index in [9.17, 15) is 36.6 Å². The van der Waals surface area contributed by atoms with Crippen LogP contribution in [0.25, 0.3) is 0 Å². The summed E-state index contributed by atoms with van der Waals surface area (Å²) in [6, 6.07) is 25.3. The summed E-state index contributed by atoms with van der Waals surface area (Å²) >= 11 is -1.70. The van der Waals surface area contributed by atoms with Gasteiger partial charge in [-0.2, -0.15) is 35.2 Å². The number of hydrogen-bond acceptors (Lipinski definition) is 22. The average Bonchev–Trinajstić information content (AvgIpc) is 1.64. The van der Waals surface area contributed by atoms with Crippen molar-refractivity contribution in [3.63, 3.8) is 0 Å². The molecule has 658 valence electrons. The van der Waals surface area contributed by atoms with Crippen LogP contribution in [0.2, 0.25) is 0 Å². The minimum atomic E-state index is -3.98. The Morgan fingerprint density at radius 3 is 1.35 bits per heavy atom. The van der Waals surface area contributed by atoms with E-state index in [-0.39, 0.29) is 96.2 Å². The molecule has 4 amide bonds. The molecule has 11 N–H and O–H groups in total. The molecular formula is C83H150BrMgN7O20S2. The topological polar surface area (TPSA) is 389 Å². The molecule has 5 rings (SSSR count). The van der Waals surface area contributed by atoms with E-state index in [0.717, 1.165) is 149 Å². The van der Waals surface area contributed by atoms with Crippen molar-refractivity contribution in [3.8, 4) is 17.2 Å². The van der Waals surface area contributed by atoms with Crippen molar-refractivity contribution >= 4 is 75.0 Å². The number of hydrogen-bond donors (Lipinski definition) is 8. The van der Waals surface area contributed by atoms with Crippen molar-refractivity contribution in [3.05, 3.63) is 90.0 Å². The van der Waals surface area contributed by atoms with Gasteiger partial charge in [-0.15, -0.1) is 12.1 Å². The summed E-state index contributed by atoms with van der Waals surface area (Å²) in [5.41, 5.74) is 16.8. The van der Waals surface area contributed by atoms with Gasteiger partial charge in [0.05, 0.1) is 65.9 Å². The zero-order chi connectivity index (χ0) is 86.1. The number of methoxy groups -OCH3 is 3. The summed E-state index contributed by atoms with van der Waals surface area (Å²) in [5.74, 6) is 1.70. The Morgan fingerprint density at radius 1 is 0.544 bits per heavy atom. The molecule has 0 aromatic heterocycles. The largest absolute Gasteiger partial charge is 2.00 e. The van der Waals surface area contributed by atoms with Crippen molar-refractivity contribution < 1.29 is 110 Å². The molecule has 2 heterocycles. The monoisotopic (exact) mass is 1730 g/mol. The number of nitrogens with zero attached hydrogens (tertiary/aromatic N) is 2. The third-order valence-corrected chi connectivity index (χ3v) is 18.1. The first-order chi connectivity index (χ1) is 52.4. The van der Waals surface area contributed by atoms with Gasteiger partial charge < -0.3 is 93.3 Å². The van der Waals surface area contributed by atoms with Crippen LogP contribution in [0.15, 0.2) is 72.8 Å². The second kappa shape index (κ2) is 66.6. The van der Waals surface area contributed by atoms with Gasteiger partial charge in [0, 0.05) is 23.9 Å². The number of benzene rings is 3. The zero-order valence-electron chi connectivity index (χ0n) is 73.4. The van der Waals surface area contributed by atoms with Crippen LogP contribution in [0.5, 0.6) is 17.2 Å². The summed E-state index contributed by atoms with van der Waals surface area (Å²) in [6.45, 7) is 36.5. The Morgan fingerprint density at radius 2 is 0.947 bits per heavy atom. The predicted octanol–water partition coefficient (Wildman–Crippen LogP) is 12.8. The van der Waals surface area contributed by atoms with Crippen LogP contribution < -0.4 is 59.0 Å². The third-order valence-electron chi connectivity index (χ3n) is 15.7. The van der Waals surface area contributed by atoms with Crippen LogP contribution in [-0.4, -0.2) is 202 Å². The molecule has 3 aromatic carbocycles. The van der Waals surface area contributed by atoms with Gasteiger partial charge in [0.15, 0.2) is 0 Å². The molecule has 0 aliphatic carbocycles. The number of carboxylic acid groups (broad SMARTS) is 1. The molecule has 114 heavy (non-hydrogen) atoms.